The molecule has 2 aromatic rings. The van der Waals surface area contributed by atoms with E-state index in [4.69, 9.17) is 5.73 Å². The number of rotatable bonds is 5. The fourth-order valence-corrected chi connectivity index (χ4v) is 6.74. The van der Waals surface area contributed by atoms with Gasteiger partial charge in [0.2, 0.25) is 11.7 Å². The lowest BCUT2D eigenvalue weighted by Gasteiger charge is -2.50. The number of alkyl halides is 1. The van der Waals surface area contributed by atoms with Gasteiger partial charge in [0.15, 0.2) is 17.1 Å². The number of Topliss-reactive ketones (excluding diaryl/α,β-unsaturated/α-hetero) is 2. The number of likely N-dealkylation sites (N-methyl/N-ethyl adjacent to an activating group) is 1. The quantitative estimate of drug-likeness (QED) is 0.136. The molecule has 0 bridgehead atoms. The third kappa shape index (κ3) is 4.91. The maximum Gasteiger partial charge on any atom is 0.255 e. The number of nitrogens with one attached hydrogen (secondary N) is 1. The Hall–Kier alpha value is -3.72. The molecule has 0 saturated heterocycles. The molecule has 3 unspecified atom stereocenters. The minimum Gasteiger partial charge on any atom is -0.510 e. The Morgan fingerprint density at radius 3 is 2.28 bits per heavy atom. The number of nitrogens with two attached hydrogens (primary N) is 1. The summed E-state index contributed by atoms with van der Waals surface area (Å²) < 4.78 is 0. The molecule has 0 aliphatic heterocycles. The number of amides is 2. The average molecular weight is 723 g/mol. The molecule has 0 radical (unpaired) electrons. The number of nitrogens with zero attached hydrogens (tertiary/aromatic N) is 1. The third-order valence-corrected chi connectivity index (χ3v) is 9.21. The van der Waals surface area contributed by atoms with Gasteiger partial charge in [-0.3, -0.25) is 24.1 Å². The highest BCUT2D eigenvalue weighted by atomic mass is 79.9. The third-order valence-electron chi connectivity index (χ3n) is 8.27. The van der Waals surface area contributed by atoms with Crippen LogP contribution in [0.5, 0.6) is 11.5 Å². The Morgan fingerprint density at radius 2 is 1.70 bits per heavy atom. The Balaban J connectivity index is 0.00000423. The van der Waals surface area contributed by atoms with Crippen molar-refractivity contribution in [1.82, 2.24) is 4.90 Å². The van der Waals surface area contributed by atoms with Crippen molar-refractivity contribution in [2.75, 3.05) is 19.4 Å². The lowest BCUT2D eigenvalue weighted by atomic mass is 9.58. The number of carbonyl (C=O) groups excluding carboxylic acids is 4. The van der Waals surface area contributed by atoms with Crippen molar-refractivity contribution in [3.8, 4) is 11.5 Å². The predicted molar refractivity (Wildman–Crippen MR) is 162 cm³/mol. The van der Waals surface area contributed by atoms with Crippen molar-refractivity contribution < 1.29 is 44.7 Å². The molecule has 0 saturated carbocycles. The monoisotopic (exact) mass is 721 g/mol. The summed E-state index contributed by atoms with van der Waals surface area (Å²) in [4.78, 5) is 52.8. The van der Waals surface area contributed by atoms with Crippen LogP contribution in [0.4, 0.5) is 5.69 Å². The van der Waals surface area contributed by atoms with E-state index in [2.05, 4.69) is 21.2 Å². The standard InChI is InChI=1S/C29H28BrN3O9.BrH/c1-33(2)21-15-10-13-9-12-5-8-16(32-28(41)20(30)11-3-6-14(34)7-4-11)22(35)17(12)23(36)18(13)25(38)29(15,42)26(39)19(24(21)37)27(31)40;/h3-8,13,15,20-21,34-35,37-38,42H,9-10H2,1-2H3,(H2,31,40)(H,32,41);1H/t13?,15?,20?,21-,29-;/m0./s1. The molecule has 5 rings (SSSR count). The molecule has 5 atom stereocenters. The first-order valence-corrected chi connectivity index (χ1v) is 13.8. The number of ketones is 2. The van der Waals surface area contributed by atoms with E-state index in [-0.39, 0.29) is 52.4 Å². The topological polar surface area (TPSA) is 211 Å². The molecule has 0 aromatic heterocycles. The Labute approximate surface area is 264 Å². The number of aliphatic hydroxyl groups excluding tert-OH is 2. The maximum atomic E-state index is 13.8. The first kappa shape index (κ1) is 32.2. The van der Waals surface area contributed by atoms with E-state index in [9.17, 15) is 44.7 Å². The van der Waals surface area contributed by atoms with E-state index >= 15 is 0 Å². The van der Waals surface area contributed by atoms with Crippen LogP contribution in [0, 0.1) is 11.8 Å². The van der Waals surface area contributed by atoms with Crippen molar-refractivity contribution >= 4 is 62.0 Å². The summed E-state index contributed by atoms with van der Waals surface area (Å²) >= 11 is 3.28. The van der Waals surface area contributed by atoms with Crippen LogP contribution in [-0.4, -0.2) is 79.6 Å². The van der Waals surface area contributed by atoms with Gasteiger partial charge in [0.1, 0.15) is 27.7 Å². The molecule has 43 heavy (non-hydrogen) atoms. The number of benzene rings is 2. The van der Waals surface area contributed by atoms with E-state index in [0.717, 1.165) is 0 Å². The van der Waals surface area contributed by atoms with Crippen LogP contribution in [0.25, 0.3) is 0 Å². The lowest BCUT2D eigenvalue weighted by Crippen LogP contribution is -2.63. The molecule has 0 fully saturated rings. The number of phenolic OH excluding ortho intramolecular Hbond substituents is 2. The minimum absolute atomic E-state index is 0. The number of phenols is 2. The molecule has 2 aromatic carbocycles. The first-order valence-electron chi connectivity index (χ1n) is 12.9. The second-order valence-electron chi connectivity index (χ2n) is 10.9. The van der Waals surface area contributed by atoms with Gasteiger partial charge in [-0.05, 0) is 62.2 Å². The van der Waals surface area contributed by atoms with Crippen LogP contribution >= 0.6 is 32.9 Å². The normalized spacial score (nSPS) is 25.4. The van der Waals surface area contributed by atoms with Gasteiger partial charge in [0, 0.05) is 11.5 Å². The zero-order valence-electron chi connectivity index (χ0n) is 22.9. The van der Waals surface area contributed by atoms with Crippen LogP contribution < -0.4 is 11.1 Å². The largest absolute Gasteiger partial charge is 0.510 e. The highest BCUT2D eigenvalue weighted by Gasteiger charge is 2.63. The van der Waals surface area contributed by atoms with Gasteiger partial charge in [0.25, 0.3) is 5.91 Å². The number of anilines is 1. The molecular formula is C29H29Br2N3O9. The predicted octanol–water partition coefficient (Wildman–Crippen LogP) is 2.48. The molecule has 228 valence electrons. The van der Waals surface area contributed by atoms with E-state index in [1.54, 1.807) is 20.2 Å². The molecule has 3 aliphatic rings. The maximum absolute atomic E-state index is 13.8. The van der Waals surface area contributed by atoms with Crippen molar-refractivity contribution in [2.45, 2.75) is 29.3 Å². The molecule has 3 aliphatic carbocycles. The van der Waals surface area contributed by atoms with Gasteiger partial charge in [-0.2, -0.15) is 0 Å². The van der Waals surface area contributed by atoms with E-state index in [0.29, 0.717) is 11.1 Å². The van der Waals surface area contributed by atoms with Crippen LogP contribution in [-0.2, 0) is 20.8 Å². The number of primary amides is 1. The first-order chi connectivity index (χ1) is 19.7. The second-order valence-corrected chi connectivity index (χ2v) is 11.8. The smallest absolute Gasteiger partial charge is 0.255 e. The van der Waals surface area contributed by atoms with Gasteiger partial charge < -0.3 is 36.6 Å². The molecule has 8 N–H and O–H groups in total. The van der Waals surface area contributed by atoms with Crippen LogP contribution in [0.15, 0.2) is 59.1 Å². The fourth-order valence-electron chi connectivity index (χ4n) is 6.32. The number of carbonyl (C=O) groups is 4. The van der Waals surface area contributed by atoms with E-state index in [1.807, 2.05) is 0 Å². The highest BCUT2D eigenvalue weighted by molar-refractivity contribution is 9.09. The molecule has 0 spiro atoms. The number of aliphatic hydroxyl groups is 3. The van der Waals surface area contributed by atoms with Crippen molar-refractivity contribution in [1.29, 1.82) is 0 Å². The summed E-state index contributed by atoms with van der Waals surface area (Å²) in [5.74, 6) is -8.03. The molecular weight excluding hydrogens is 694 g/mol. The van der Waals surface area contributed by atoms with Gasteiger partial charge in [-0.15, -0.1) is 17.0 Å². The van der Waals surface area contributed by atoms with Crippen LogP contribution in [0.3, 0.4) is 0 Å². The Morgan fingerprint density at radius 1 is 1.07 bits per heavy atom. The number of halogens is 2. The minimum atomic E-state index is -2.74. The number of allylic oxidation sites excluding steroid dienone is 1. The molecule has 2 amide bonds. The Bertz CT molecular complexity index is 1620. The molecule has 12 nitrogen and oxygen atoms in total. The van der Waals surface area contributed by atoms with Gasteiger partial charge in [0.05, 0.1) is 17.3 Å². The van der Waals surface area contributed by atoms with Gasteiger partial charge >= 0.3 is 0 Å². The fraction of sp³-hybridized carbons (Fsp3) is 0.310. The van der Waals surface area contributed by atoms with Gasteiger partial charge in [-0.25, -0.2) is 0 Å². The van der Waals surface area contributed by atoms with Gasteiger partial charge in [-0.1, -0.05) is 34.1 Å². The van der Waals surface area contributed by atoms with E-state index in [1.165, 1.54) is 35.2 Å². The zero-order valence-corrected chi connectivity index (χ0v) is 26.2. The van der Waals surface area contributed by atoms with Crippen LogP contribution in [0.2, 0.25) is 0 Å². The number of hydrogen-bond donors (Lipinski definition) is 7. The zero-order chi connectivity index (χ0) is 30.8. The second kappa shape index (κ2) is 11.4. The number of hydrogen-bond acceptors (Lipinski definition) is 10. The summed E-state index contributed by atoms with van der Waals surface area (Å²) in [6.45, 7) is 0. The SMILES string of the molecule is Br.CN(C)[C@@H]1C(O)=C(C(N)=O)C(=O)[C@@]2(O)C(O)=C3C(=O)c4c(ccc(NC(=O)C(Br)c5ccc(O)cc5)c4O)CC3CC12. The van der Waals surface area contributed by atoms with Crippen molar-refractivity contribution in [2.24, 2.45) is 17.6 Å². The summed E-state index contributed by atoms with van der Waals surface area (Å²) in [5, 5.41) is 57.0. The van der Waals surface area contributed by atoms with E-state index < -0.39 is 74.5 Å². The molecule has 14 heteroatoms. The summed E-state index contributed by atoms with van der Waals surface area (Å²) in [7, 11) is 3.11. The summed E-state index contributed by atoms with van der Waals surface area (Å²) in [5.41, 5.74) is 2.06. The summed E-state index contributed by atoms with van der Waals surface area (Å²) in [6, 6.07) is 7.80. The number of fused-ring (bicyclic) bond motifs is 3. The van der Waals surface area contributed by atoms with Crippen molar-refractivity contribution in [3.63, 3.8) is 0 Å². The lowest BCUT2D eigenvalue weighted by molar-refractivity contribution is -0.148. The summed E-state index contributed by atoms with van der Waals surface area (Å²) in [6.07, 6.45) is 0.105. The Kier molecular flexibility index (Phi) is 8.55. The molecule has 0 heterocycles. The number of aromatic hydroxyl groups is 2. The van der Waals surface area contributed by atoms with Crippen molar-refractivity contribution in [3.05, 3.63) is 75.8 Å². The average Bonchev–Trinajstić information content (AvgIpc) is 2.91. The van der Waals surface area contributed by atoms with Crippen LogP contribution in [0.1, 0.15) is 32.7 Å². The highest BCUT2D eigenvalue weighted by Crippen LogP contribution is 2.52.